The van der Waals surface area contributed by atoms with Crippen molar-refractivity contribution in [2.75, 3.05) is 33.4 Å². The third kappa shape index (κ3) is 8.91. The predicted octanol–water partition coefficient (Wildman–Crippen LogP) is 6.58. The maximum Gasteiger partial charge on any atom is 0.236 e. The van der Waals surface area contributed by atoms with Crippen LogP contribution in [0.2, 0.25) is 0 Å². The van der Waals surface area contributed by atoms with Crippen LogP contribution in [0.5, 0.6) is 11.5 Å². The lowest BCUT2D eigenvalue weighted by Gasteiger charge is -2.32. The van der Waals surface area contributed by atoms with Crippen LogP contribution in [0.3, 0.4) is 0 Å². The molecule has 2 fully saturated rings. The Kier molecular flexibility index (Phi) is 12.2. The molecule has 1 amide bonds. The molecule has 0 bridgehead atoms. The average molecular weight is 591 g/mol. The third-order valence-corrected chi connectivity index (χ3v) is 9.28. The summed E-state index contributed by atoms with van der Waals surface area (Å²) in [6, 6.07) is 13.8. The van der Waals surface area contributed by atoms with Gasteiger partial charge in [-0.25, -0.2) is 0 Å². The van der Waals surface area contributed by atoms with Gasteiger partial charge in [0.15, 0.2) is 5.78 Å². The number of rotatable bonds is 14. The molecule has 1 saturated heterocycles. The highest BCUT2D eigenvalue weighted by molar-refractivity contribution is 5.99. The fraction of sp³-hybridized carbons (Fsp3) is 0.583. The molecule has 7 nitrogen and oxygen atoms in total. The van der Waals surface area contributed by atoms with Gasteiger partial charge in [-0.2, -0.15) is 0 Å². The summed E-state index contributed by atoms with van der Waals surface area (Å²) in [7, 11) is 1.63. The first-order chi connectivity index (χ1) is 20.8. The summed E-state index contributed by atoms with van der Waals surface area (Å²) in [6.45, 7) is 8.68. The molecule has 1 aliphatic carbocycles. The van der Waals surface area contributed by atoms with E-state index in [1.54, 1.807) is 7.11 Å². The molecule has 1 aliphatic heterocycles. The standard InChI is InChI=1S/C36H50N2O5/c1-5-43-34-21-31(42-4)16-15-30(34)23-37-24-35(40)38-19-17-27(18-20-38)26-11-13-29(14-12-26)33(39)22-32(36(41)25(2)3)28-9-7-6-8-10-28/h11-16,21,25,27-28,32,37H,5-10,17-20,22-24H2,1-4H3/t32-/m1/s1. The lowest BCUT2D eigenvalue weighted by molar-refractivity contribution is -0.131. The van der Waals surface area contributed by atoms with Crippen molar-refractivity contribution in [1.29, 1.82) is 0 Å². The quantitative estimate of drug-likeness (QED) is 0.250. The van der Waals surface area contributed by atoms with E-state index in [9.17, 15) is 14.4 Å². The minimum atomic E-state index is -0.160. The summed E-state index contributed by atoms with van der Waals surface area (Å²) < 4.78 is 11.0. The van der Waals surface area contributed by atoms with Gasteiger partial charge >= 0.3 is 0 Å². The molecule has 1 N–H and O–H groups in total. The molecular formula is C36H50N2O5. The summed E-state index contributed by atoms with van der Waals surface area (Å²) in [5.74, 6) is 2.43. The van der Waals surface area contributed by atoms with E-state index in [0.717, 1.165) is 68.7 Å². The summed E-state index contributed by atoms with van der Waals surface area (Å²) in [5.41, 5.74) is 2.91. The highest BCUT2D eigenvalue weighted by Gasteiger charge is 2.33. The fourth-order valence-corrected chi connectivity index (χ4v) is 6.70. The number of nitrogens with one attached hydrogen (secondary N) is 1. The van der Waals surface area contributed by atoms with Crippen molar-refractivity contribution in [3.63, 3.8) is 0 Å². The van der Waals surface area contributed by atoms with Crippen molar-refractivity contribution in [2.24, 2.45) is 17.8 Å². The molecule has 1 atom stereocenters. The second-order valence-corrected chi connectivity index (χ2v) is 12.5. The van der Waals surface area contributed by atoms with Crippen molar-refractivity contribution in [2.45, 2.75) is 84.6 Å². The number of hydrogen-bond acceptors (Lipinski definition) is 6. The van der Waals surface area contributed by atoms with E-state index in [2.05, 4.69) is 17.4 Å². The monoisotopic (exact) mass is 590 g/mol. The molecule has 2 aromatic carbocycles. The van der Waals surface area contributed by atoms with Crippen LogP contribution in [0.4, 0.5) is 0 Å². The Morgan fingerprint density at radius 1 is 0.953 bits per heavy atom. The van der Waals surface area contributed by atoms with Gasteiger partial charge in [-0.3, -0.25) is 14.4 Å². The van der Waals surface area contributed by atoms with Gasteiger partial charge in [-0.1, -0.05) is 63.4 Å². The van der Waals surface area contributed by atoms with Crippen molar-refractivity contribution < 1.29 is 23.9 Å². The van der Waals surface area contributed by atoms with Crippen molar-refractivity contribution in [3.05, 3.63) is 59.2 Å². The Bertz CT molecular complexity index is 1210. The molecule has 0 spiro atoms. The minimum Gasteiger partial charge on any atom is -0.497 e. The number of carbonyl (C=O) groups excluding carboxylic acids is 3. The molecule has 1 saturated carbocycles. The molecule has 0 unspecified atom stereocenters. The Morgan fingerprint density at radius 3 is 2.28 bits per heavy atom. The summed E-state index contributed by atoms with van der Waals surface area (Å²) in [4.78, 5) is 41.2. The molecule has 2 aliphatic rings. The van der Waals surface area contributed by atoms with Crippen LogP contribution in [0.25, 0.3) is 0 Å². The van der Waals surface area contributed by atoms with Gasteiger partial charge < -0.3 is 19.7 Å². The Labute approximate surface area is 257 Å². The van der Waals surface area contributed by atoms with E-state index in [-0.39, 0.29) is 35.9 Å². The number of benzene rings is 2. The summed E-state index contributed by atoms with van der Waals surface area (Å²) >= 11 is 0. The lowest BCUT2D eigenvalue weighted by atomic mass is 9.73. The van der Waals surface area contributed by atoms with Crippen LogP contribution in [0.15, 0.2) is 42.5 Å². The third-order valence-electron chi connectivity index (χ3n) is 9.28. The fourth-order valence-electron chi connectivity index (χ4n) is 6.70. The predicted molar refractivity (Wildman–Crippen MR) is 170 cm³/mol. The van der Waals surface area contributed by atoms with Gasteiger partial charge in [0, 0.05) is 55.1 Å². The number of likely N-dealkylation sites (tertiary alicyclic amines) is 1. The van der Waals surface area contributed by atoms with Crippen LogP contribution >= 0.6 is 0 Å². The van der Waals surface area contributed by atoms with E-state index in [4.69, 9.17) is 9.47 Å². The van der Waals surface area contributed by atoms with Crippen LogP contribution in [-0.2, 0) is 16.1 Å². The Hall–Kier alpha value is -3.19. The number of ether oxygens (including phenoxy) is 2. The van der Waals surface area contributed by atoms with E-state index >= 15 is 0 Å². The van der Waals surface area contributed by atoms with Gasteiger partial charge in [-0.15, -0.1) is 0 Å². The minimum absolute atomic E-state index is 0.0441. The molecule has 234 valence electrons. The van der Waals surface area contributed by atoms with E-state index in [1.165, 1.54) is 12.0 Å². The summed E-state index contributed by atoms with van der Waals surface area (Å²) in [5, 5.41) is 3.28. The Morgan fingerprint density at radius 2 is 1.65 bits per heavy atom. The molecule has 1 heterocycles. The first-order valence-corrected chi connectivity index (χ1v) is 16.3. The second-order valence-electron chi connectivity index (χ2n) is 12.5. The number of carbonyl (C=O) groups is 3. The number of piperidine rings is 1. The maximum atomic E-state index is 13.3. The number of Topliss-reactive ketones (excluding diaryl/α,β-unsaturated/α-hetero) is 2. The van der Waals surface area contributed by atoms with Crippen LogP contribution in [0, 0.1) is 17.8 Å². The van der Waals surface area contributed by atoms with Gasteiger partial charge in [0.1, 0.15) is 17.3 Å². The highest BCUT2D eigenvalue weighted by atomic mass is 16.5. The maximum absolute atomic E-state index is 13.3. The molecule has 4 rings (SSSR count). The average Bonchev–Trinajstić information content (AvgIpc) is 3.04. The van der Waals surface area contributed by atoms with Crippen molar-refractivity contribution in [1.82, 2.24) is 10.2 Å². The van der Waals surface area contributed by atoms with Crippen LogP contribution < -0.4 is 14.8 Å². The van der Waals surface area contributed by atoms with Gasteiger partial charge in [0.05, 0.1) is 20.3 Å². The number of hydrogen-bond donors (Lipinski definition) is 1. The number of ketones is 2. The van der Waals surface area contributed by atoms with Crippen molar-refractivity contribution in [3.8, 4) is 11.5 Å². The second kappa shape index (κ2) is 16.0. The SMILES string of the molecule is CCOc1cc(OC)ccc1CNCC(=O)N1CCC(c2ccc(C(=O)C[C@@H](C(=O)C(C)C)C3CCCCC3)cc2)CC1. The highest BCUT2D eigenvalue weighted by Crippen LogP contribution is 2.35. The molecule has 0 aromatic heterocycles. The molecule has 7 heteroatoms. The van der Waals surface area contributed by atoms with Gasteiger partial charge in [0.2, 0.25) is 5.91 Å². The largest absolute Gasteiger partial charge is 0.497 e. The molecule has 0 radical (unpaired) electrons. The van der Waals surface area contributed by atoms with Crippen molar-refractivity contribution >= 4 is 17.5 Å². The molecular weight excluding hydrogens is 540 g/mol. The lowest BCUT2D eigenvalue weighted by Crippen LogP contribution is -2.42. The molecule has 43 heavy (non-hydrogen) atoms. The normalized spacial score (nSPS) is 17.1. The van der Waals surface area contributed by atoms with Crippen LogP contribution in [0.1, 0.15) is 99.5 Å². The van der Waals surface area contributed by atoms with E-state index in [0.29, 0.717) is 37.0 Å². The van der Waals surface area contributed by atoms with E-state index < -0.39 is 0 Å². The van der Waals surface area contributed by atoms with E-state index in [1.807, 2.05) is 56.0 Å². The first-order valence-electron chi connectivity index (χ1n) is 16.3. The topological polar surface area (TPSA) is 84.9 Å². The zero-order valence-electron chi connectivity index (χ0n) is 26.5. The first kappa shape index (κ1) is 32.7. The zero-order chi connectivity index (χ0) is 30.8. The smallest absolute Gasteiger partial charge is 0.236 e. The van der Waals surface area contributed by atoms with Gasteiger partial charge in [-0.05, 0) is 56.1 Å². The Balaban J connectivity index is 1.25. The summed E-state index contributed by atoms with van der Waals surface area (Å²) in [6.07, 6.45) is 7.80. The van der Waals surface area contributed by atoms with Gasteiger partial charge in [0.25, 0.3) is 0 Å². The molecule has 2 aromatic rings. The van der Waals surface area contributed by atoms with Crippen LogP contribution in [-0.4, -0.2) is 55.7 Å². The zero-order valence-corrected chi connectivity index (χ0v) is 26.5. The number of nitrogens with zero attached hydrogens (tertiary/aromatic N) is 1. The number of methoxy groups -OCH3 is 1. The number of amides is 1.